The molecule has 2 saturated heterocycles. The van der Waals surface area contributed by atoms with Gasteiger partial charge in [0, 0.05) is 71.5 Å². The van der Waals surface area contributed by atoms with Gasteiger partial charge in [0.2, 0.25) is 11.9 Å². The minimum atomic E-state index is -0.269. The molecule has 1 atom stereocenters. The standard InChI is InChI=1S/C23H33N9O/c1-29(2)22(33)19-14-17-15-26-23(28-21(17)32(19)31-10-4-3-5-11-31)27-20-7-6-18(16-25-20)30-12-8-24-9-13-30/h6-7,15-16,19,24H,3-5,8-14H2,1-2H3,(H,25,26,27,28). The van der Waals surface area contributed by atoms with Crippen LogP contribution < -0.4 is 20.5 Å². The maximum Gasteiger partial charge on any atom is 0.246 e. The number of pyridine rings is 1. The molecule has 5 rings (SSSR count). The smallest absolute Gasteiger partial charge is 0.246 e. The van der Waals surface area contributed by atoms with E-state index in [-0.39, 0.29) is 11.9 Å². The van der Waals surface area contributed by atoms with Crippen LogP contribution in [0.2, 0.25) is 0 Å². The highest BCUT2D eigenvalue weighted by Crippen LogP contribution is 2.34. The molecule has 3 aliphatic rings. The Kier molecular flexibility index (Phi) is 6.28. The van der Waals surface area contributed by atoms with E-state index in [0.717, 1.165) is 69.2 Å². The van der Waals surface area contributed by atoms with Crippen LogP contribution in [0.3, 0.4) is 0 Å². The Morgan fingerprint density at radius 2 is 1.85 bits per heavy atom. The molecule has 0 saturated carbocycles. The lowest BCUT2D eigenvalue weighted by Gasteiger charge is -2.39. The Balaban J connectivity index is 1.36. The van der Waals surface area contributed by atoms with Crippen molar-refractivity contribution in [3.63, 3.8) is 0 Å². The Bertz CT molecular complexity index is 968. The van der Waals surface area contributed by atoms with Crippen molar-refractivity contribution in [1.29, 1.82) is 0 Å². The van der Waals surface area contributed by atoms with Gasteiger partial charge in [-0.25, -0.2) is 15.0 Å². The summed E-state index contributed by atoms with van der Waals surface area (Å²) in [6.07, 6.45) is 7.87. The summed E-state index contributed by atoms with van der Waals surface area (Å²) in [6, 6.07) is 3.78. The second-order valence-corrected chi connectivity index (χ2v) is 9.12. The zero-order valence-electron chi connectivity index (χ0n) is 19.5. The molecule has 176 valence electrons. The number of carbonyl (C=O) groups is 1. The fourth-order valence-corrected chi connectivity index (χ4v) is 4.84. The van der Waals surface area contributed by atoms with E-state index < -0.39 is 0 Å². The number of piperidine rings is 1. The SMILES string of the molecule is CN(C)C(=O)C1Cc2cnc(Nc3ccc(N4CCNCC4)cn3)nc2N1N1CCCCC1. The molecule has 0 radical (unpaired) electrons. The first-order chi connectivity index (χ1) is 16.1. The second-order valence-electron chi connectivity index (χ2n) is 9.12. The topological polar surface area (TPSA) is 92.8 Å². The first-order valence-electron chi connectivity index (χ1n) is 11.9. The Morgan fingerprint density at radius 3 is 2.55 bits per heavy atom. The van der Waals surface area contributed by atoms with E-state index in [1.807, 2.05) is 32.6 Å². The van der Waals surface area contributed by atoms with Gasteiger partial charge in [0.05, 0.1) is 11.9 Å². The van der Waals surface area contributed by atoms with Crippen LogP contribution in [0.25, 0.3) is 0 Å². The van der Waals surface area contributed by atoms with Gasteiger partial charge >= 0.3 is 0 Å². The van der Waals surface area contributed by atoms with Crippen molar-refractivity contribution in [2.75, 3.05) is 68.6 Å². The number of piperazine rings is 1. The van der Waals surface area contributed by atoms with Gasteiger partial charge in [-0.1, -0.05) is 6.42 Å². The van der Waals surface area contributed by atoms with Crippen molar-refractivity contribution < 1.29 is 4.79 Å². The molecule has 0 bridgehead atoms. The molecule has 1 amide bonds. The number of hydrazine groups is 1. The largest absolute Gasteiger partial charge is 0.368 e. The molecule has 33 heavy (non-hydrogen) atoms. The van der Waals surface area contributed by atoms with Crippen LogP contribution in [0.5, 0.6) is 0 Å². The summed E-state index contributed by atoms with van der Waals surface area (Å²) in [6.45, 7) is 5.85. The van der Waals surface area contributed by atoms with Gasteiger partial charge in [0.15, 0.2) is 5.82 Å². The Hall–Kier alpha value is -2.98. The van der Waals surface area contributed by atoms with Crippen molar-refractivity contribution in [1.82, 2.24) is 30.2 Å². The zero-order valence-corrected chi connectivity index (χ0v) is 19.5. The van der Waals surface area contributed by atoms with Crippen LogP contribution in [0.4, 0.5) is 23.3 Å². The number of nitrogens with zero attached hydrogens (tertiary/aromatic N) is 7. The lowest BCUT2D eigenvalue weighted by Crippen LogP contribution is -2.54. The number of likely N-dealkylation sites (N-methyl/N-ethyl adjacent to an activating group) is 1. The van der Waals surface area contributed by atoms with Crippen LogP contribution in [-0.4, -0.2) is 90.2 Å². The van der Waals surface area contributed by atoms with Crippen LogP contribution in [0, 0.1) is 0 Å². The normalized spacial score (nSPS) is 21.1. The quantitative estimate of drug-likeness (QED) is 0.697. The number of anilines is 4. The number of fused-ring (bicyclic) bond motifs is 1. The average molecular weight is 452 g/mol. The van der Waals surface area contributed by atoms with Crippen molar-refractivity contribution in [3.8, 4) is 0 Å². The number of hydrogen-bond acceptors (Lipinski definition) is 9. The van der Waals surface area contributed by atoms with Gasteiger partial charge in [-0.15, -0.1) is 0 Å². The monoisotopic (exact) mass is 451 g/mol. The minimum absolute atomic E-state index is 0.0956. The third kappa shape index (κ3) is 4.58. The molecular weight excluding hydrogens is 418 g/mol. The second kappa shape index (κ2) is 9.48. The van der Waals surface area contributed by atoms with E-state index in [0.29, 0.717) is 18.2 Å². The number of aromatic nitrogens is 3. The van der Waals surface area contributed by atoms with Gasteiger partial charge in [-0.05, 0) is 25.0 Å². The van der Waals surface area contributed by atoms with E-state index in [1.165, 1.54) is 6.42 Å². The summed E-state index contributed by atoms with van der Waals surface area (Å²) in [5.74, 6) is 2.12. The number of amides is 1. The molecular formula is C23H33N9O. The highest BCUT2D eigenvalue weighted by Gasteiger charge is 2.40. The number of nitrogens with one attached hydrogen (secondary N) is 2. The van der Waals surface area contributed by atoms with Crippen LogP contribution in [-0.2, 0) is 11.2 Å². The molecule has 2 aromatic heterocycles. The van der Waals surface area contributed by atoms with Gasteiger partial charge in [0.1, 0.15) is 11.9 Å². The summed E-state index contributed by atoms with van der Waals surface area (Å²) in [7, 11) is 3.63. The minimum Gasteiger partial charge on any atom is -0.368 e. The fourth-order valence-electron chi connectivity index (χ4n) is 4.84. The van der Waals surface area contributed by atoms with Crippen molar-refractivity contribution in [3.05, 3.63) is 30.1 Å². The van der Waals surface area contributed by atoms with Crippen LogP contribution in [0.1, 0.15) is 24.8 Å². The zero-order chi connectivity index (χ0) is 22.8. The number of carbonyl (C=O) groups excluding carboxylic acids is 1. The van der Waals surface area contributed by atoms with Gasteiger partial charge in [0.25, 0.3) is 0 Å². The third-order valence-electron chi connectivity index (χ3n) is 6.60. The van der Waals surface area contributed by atoms with E-state index in [9.17, 15) is 4.79 Å². The van der Waals surface area contributed by atoms with Crippen molar-refractivity contribution >= 4 is 29.2 Å². The van der Waals surface area contributed by atoms with Crippen LogP contribution >= 0.6 is 0 Å². The summed E-state index contributed by atoms with van der Waals surface area (Å²) in [5.41, 5.74) is 2.13. The lowest BCUT2D eigenvalue weighted by atomic mass is 10.1. The van der Waals surface area contributed by atoms with Gasteiger partial charge < -0.3 is 20.4 Å². The first kappa shape index (κ1) is 21.8. The fraction of sp³-hybridized carbons (Fsp3) is 0.565. The van der Waals surface area contributed by atoms with Gasteiger partial charge in [-0.2, -0.15) is 4.98 Å². The highest BCUT2D eigenvalue weighted by atomic mass is 16.2. The molecule has 10 nitrogen and oxygen atoms in total. The number of hydrogen-bond donors (Lipinski definition) is 2. The highest BCUT2D eigenvalue weighted by molar-refractivity contribution is 5.87. The Morgan fingerprint density at radius 1 is 1.06 bits per heavy atom. The summed E-state index contributed by atoms with van der Waals surface area (Å²) in [4.78, 5) is 30.9. The third-order valence-corrected chi connectivity index (χ3v) is 6.60. The molecule has 2 N–H and O–H groups in total. The average Bonchev–Trinajstić information content (AvgIpc) is 3.24. The van der Waals surface area contributed by atoms with E-state index in [4.69, 9.17) is 4.98 Å². The van der Waals surface area contributed by atoms with E-state index in [1.54, 1.807) is 4.90 Å². The summed E-state index contributed by atoms with van der Waals surface area (Å²) in [5, 5.41) is 11.0. The van der Waals surface area contributed by atoms with E-state index >= 15 is 0 Å². The molecule has 2 fully saturated rings. The molecule has 0 aliphatic carbocycles. The Labute approximate surface area is 195 Å². The maximum atomic E-state index is 13.0. The predicted octanol–water partition coefficient (Wildman–Crippen LogP) is 1.25. The lowest BCUT2D eigenvalue weighted by molar-refractivity contribution is -0.130. The molecule has 2 aromatic rings. The molecule has 1 unspecified atom stereocenters. The summed E-state index contributed by atoms with van der Waals surface area (Å²) >= 11 is 0. The molecule has 0 aromatic carbocycles. The van der Waals surface area contributed by atoms with Crippen molar-refractivity contribution in [2.24, 2.45) is 0 Å². The molecule has 3 aliphatic heterocycles. The number of rotatable bonds is 5. The van der Waals surface area contributed by atoms with Crippen LogP contribution in [0.15, 0.2) is 24.5 Å². The van der Waals surface area contributed by atoms with Crippen molar-refractivity contribution in [2.45, 2.75) is 31.7 Å². The maximum absolute atomic E-state index is 13.0. The summed E-state index contributed by atoms with van der Waals surface area (Å²) < 4.78 is 0. The molecule has 5 heterocycles. The first-order valence-corrected chi connectivity index (χ1v) is 11.9. The van der Waals surface area contributed by atoms with Gasteiger partial charge in [-0.3, -0.25) is 9.80 Å². The predicted molar refractivity (Wildman–Crippen MR) is 129 cm³/mol. The van der Waals surface area contributed by atoms with E-state index in [2.05, 4.69) is 41.6 Å². The molecule has 0 spiro atoms. The molecule has 10 heteroatoms.